The zero-order chi connectivity index (χ0) is 14.7. The Morgan fingerprint density at radius 2 is 1.95 bits per heavy atom. The molecule has 112 valence electrons. The van der Waals surface area contributed by atoms with Gasteiger partial charge in [-0.05, 0) is 29.3 Å². The van der Waals surface area contributed by atoms with Crippen molar-refractivity contribution < 1.29 is 14.4 Å². The molecule has 2 aromatic rings. The van der Waals surface area contributed by atoms with Gasteiger partial charge in [0.05, 0.1) is 19.3 Å². The van der Waals surface area contributed by atoms with Crippen molar-refractivity contribution >= 4 is 5.95 Å². The van der Waals surface area contributed by atoms with Gasteiger partial charge in [0.15, 0.2) is 0 Å². The zero-order valence-corrected chi connectivity index (χ0v) is 11.6. The number of phenols is 1. The van der Waals surface area contributed by atoms with Crippen molar-refractivity contribution in [2.75, 3.05) is 31.2 Å². The van der Waals surface area contributed by atoms with Crippen molar-refractivity contribution in [1.29, 1.82) is 0 Å². The summed E-state index contributed by atoms with van der Waals surface area (Å²) in [6.45, 7) is 2.85. The molecule has 7 nitrogen and oxygen atoms in total. The molecule has 1 aromatic carbocycles. The number of nitrogens with two attached hydrogens (primary N) is 1. The second-order valence-corrected chi connectivity index (χ2v) is 5.01. The normalized spacial score (nSPS) is 16.9. The summed E-state index contributed by atoms with van der Waals surface area (Å²) in [6, 6.07) is 6.56. The molecule has 2 heterocycles. The van der Waals surface area contributed by atoms with Gasteiger partial charge in [-0.15, -0.1) is 0 Å². The van der Waals surface area contributed by atoms with Gasteiger partial charge in [0.1, 0.15) is 5.75 Å². The number of ether oxygens (including phenoxy) is 1. The average molecular weight is 290 g/mol. The number of morpholine rings is 1. The predicted molar refractivity (Wildman–Crippen MR) is 76.1 cm³/mol. The van der Waals surface area contributed by atoms with Gasteiger partial charge in [-0.3, -0.25) is 0 Å². The molecule has 0 saturated carbocycles. The lowest BCUT2D eigenvalue weighted by atomic mass is 10.1. The lowest BCUT2D eigenvalue weighted by Crippen LogP contribution is -2.36. The van der Waals surface area contributed by atoms with E-state index < -0.39 is 0 Å². The van der Waals surface area contributed by atoms with Gasteiger partial charge in [0.2, 0.25) is 5.89 Å². The van der Waals surface area contributed by atoms with Crippen molar-refractivity contribution in [3.63, 3.8) is 0 Å². The van der Waals surface area contributed by atoms with Gasteiger partial charge < -0.3 is 25.0 Å². The second kappa shape index (κ2) is 6.11. The van der Waals surface area contributed by atoms with E-state index in [9.17, 15) is 5.11 Å². The predicted octanol–water partition coefficient (Wildman–Crippen LogP) is 0.854. The monoisotopic (exact) mass is 290 g/mol. The van der Waals surface area contributed by atoms with Crippen LogP contribution < -0.4 is 10.6 Å². The fourth-order valence-corrected chi connectivity index (χ4v) is 2.24. The molecule has 0 spiro atoms. The number of hydrogen-bond acceptors (Lipinski definition) is 7. The van der Waals surface area contributed by atoms with Crippen LogP contribution in [0.1, 0.15) is 17.5 Å². The van der Waals surface area contributed by atoms with E-state index in [1.54, 1.807) is 12.1 Å². The SMILES string of the molecule is N[C@@H](Cc1ccc(O)cc1)c1nc(N2CCOCC2)no1. The summed E-state index contributed by atoms with van der Waals surface area (Å²) in [7, 11) is 0. The van der Waals surface area contributed by atoms with E-state index in [4.69, 9.17) is 15.0 Å². The van der Waals surface area contributed by atoms with Gasteiger partial charge in [0, 0.05) is 13.1 Å². The van der Waals surface area contributed by atoms with Gasteiger partial charge >= 0.3 is 0 Å². The Kier molecular flexibility index (Phi) is 4.03. The van der Waals surface area contributed by atoms with Crippen LogP contribution in [-0.2, 0) is 11.2 Å². The molecule has 0 amide bonds. The summed E-state index contributed by atoms with van der Waals surface area (Å²) in [4.78, 5) is 6.38. The minimum Gasteiger partial charge on any atom is -0.508 e. The highest BCUT2D eigenvalue weighted by Gasteiger charge is 2.20. The van der Waals surface area contributed by atoms with Crippen molar-refractivity contribution in [2.24, 2.45) is 5.73 Å². The summed E-state index contributed by atoms with van der Waals surface area (Å²) in [6.07, 6.45) is 0.574. The molecule has 1 aromatic heterocycles. The van der Waals surface area contributed by atoms with Crippen LogP contribution in [0, 0.1) is 0 Å². The third kappa shape index (κ3) is 3.32. The number of hydrogen-bond donors (Lipinski definition) is 2. The van der Waals surface area contributed by atoms with E-state index >= 15 is 0 Å². The molecule has 1 aliphatic heterocycles. The fraction of sp³-hybridized carbons (Fsp3) is 0.429. The van der Waals surface area contributed by atoms with E-state index in [0.717, 1.165) is 18.7 Å². The van der Waals surface area contributed by atoms with Gasteiger partial charge in [-0.2, -0.15) is 4.98 Å². The molecule has 3 N–H and O–H groups in total. The number of anilines is 1. The molecular weight excluding hydrogens is 272 g/mol. The summed E-state index contributed by atoms with van der Waals surface area (Å²) in [5.74, 6) is 1.22. The topological polar surface area (TPSA) is 97.6 Å². The Balaban J connectivity index is 1.65. The molecule has 1 atom stereocenters. The minimum atomic E-state index is -0.364. The van der Waals surface area contributed by atoms with Crippen LogP contribution in [0.5, 0.6) is 5.75 Å². The highest BCUT2D eigenvalue weighted by molar-refractivity contribution is 5.29. The van der Waals surface area contributed by atoms with Crippen molar-refractivity contribution in [2.45, 2.75) is 12.5 Å². The number of aromatic nitrogens is 2. The first kappa shape index (κ1) is 13.8. The molecule has 0 aliphatic carbocycles. The van der Waals surface area contributed by atoms with Crippen LogP contribution in [0.15, 0.2) is 28.8 Å². The standard InChI is InChI=1S/C14H18N4O3/c15-12(9-10-1-3-11(19)4-2-10)13-16-14(17-21-13)18-5-7-20-8-6-18/h1-4,12,19H,5-9,15H2/t12-/m0/s1. The van der Waals surface area contributed by atoms with Crippen LogP contribution >= 0.6 is 0 Å². The smallest absolute Gasteiger partial charge is 0.266 e. The van der Waals surface area contributed by atoms with Crippen LogP contribution in [0.3, 0.4) is 0 Å². The van der Waals surface area contributed by atoms with Crippen LogP contribution in [-0.4, -0.2) is 41.6 Å². The number of phenolic OH excluding ortho intramolecular Hbond substituents is 1. The third-order valence-electron chi connectivity index (χ3n) is 3.43. The average Bonchev–Trinajstić information content (AvgIpc) is 3.00. The Hall–Kier alpha value is -2.12. The van der Waals surface area contributed by atoms with Gasteiger partial charge in [0.25, 0.3) is 5.95 Å². The highest BCUT2D eigenvalue weighted by atomic mass is 16.5. The van der Waals surface area contributed by atoms with E-state index in [0.29, 0.717) is 31.5 Å². The first-order valence-corrected chi connectivity index (χ1v) is 6.92. The molecule has 3 rings (SSSR count). The first-order chi connectivity index (χ1) is 10.2. The van der Waals surface area contributed by atoms with Crippen molar-refractivity contribution in [1.82, 2.24) is 10.1 Å². The number of aromatic hydroxyl groups is 1. The second-order valence-electron chi connectivity index (χ2n) is 5.01. The molecule has 7 heteroatoms. The molecule has 1 aliphatic rings. The summed E-state index contributed by atoms with van der Waals surface area (Å²) >= 11 is 0. The molecule has 0 bridgehead atoms. The lowest BCUT2D eigenvalue weighted by molar-refractivity contribution is 0.121. The molecule has 1 saturated heterocycles. The highest BCUT2D eigenvalue weighted by Crippen LogP contribution is 2.19. The van der Waals surface area contributed by atoms with Crippen molar-refractivity contribution in [3.8, 4) is 5.75 Å². The van der Waals surface area contributed by atoms with E-state index in [1.807, 2.05) is 17.0 Å². The quantitative estimate of drug-likeness (QED) is 0.861. The lowest BCUT2D eigenvalue weighted by Gasteiger charge is -2.24. The summed E-state index contributed by atoms with van der Waals surface area (Å²) in [5.41, 5.74) is 7.11. The first-order valence-electron chi connectivity index (χ1n) is 6.92. The zero-order valence-electron chi connectivity index (χ0n) is 11.6. The Morgan fingerprint density at radius 1 is 1.24 bits per heavy atom. The van der Waals surface area contributed by atoms with Crippen molar-refractivity contribution in [3.05, 3.63) is 35.7 Å². The number of benzene rings is 1. The maximum atomic E-state index is 9.27. The maximum Gasteiger partial charge on any atom is 0.266 e. The maximum absolute atomic E-state index is 9.27. The Bertz CT molecular complexity index is 578. The molecule has 21 heavy (non-hydrogen) atoms. The largest absolute Gasteiger partial charge is 0.508 e. The van der Waals surface area contributed by atoms with Crippen LogP contribution in [0.2, 0.25) is 0 Å². The molecule has 0 radical (unpaired) electrons. The number of rotatable bonds is 4. The molecular formula is C14H18N4O3. The van der Waals surface area contributed by atoms with E-state index in [-0.39, 0.29) is 11.8 Å². The van der Waals surface area contributed by atoms with Gasteiger partial charge in [-0.1, -0.05) is 12.1 Å². The Labute approximate surface area is 122 Å². The van der Waals surface area contributed by atoms with Gasteiger partial charge in [-0.25, -0.2) is 0 Å². The fourth-order valence-electron chi connectivity index (χ4n) is 2.24. The summed E-state index contributed by atoms with van der Waals surface area (Å²) < 4.78 is 10.5. The van der Waals surface area contributed by atoms with Crippen LogP contribution in [0.4, 0.5) is 5.95 Å². The van der Waals surface area contributed by atoms with E-state index in [1.165, 1.54) is 0 Å². The molecule has 1 fully saturated rings. The Morgan fingerprint density at radius 3 is 2.67 bits per heavy atom. The summed E-state index contributed by atoms with van der Waals surface area (Å²) in [5, 5.41) is 13.2. The molecule has 0 unspecified atom stereocenters. The number of nitrogens with zero attached hydrogens (tertiary/aromatic N) is 3. The minimum absolute atomic E-state index is 0.236. The van der Waals surface area contributed by atoms with Crippen LogP contribution in [0.25, 0.3) is 0 Å². The van der Waals surface area contributed by atoms with E-state index in [2.05, 4.69) is 10.1 Å². The third-order valence-corrected chi connectivity index (χ3v) is 3.43.